The number of amides is 1. The van der Waals surface area contributed by atoms with Gasteiger partial charge in [0.05, 0.1) is 22.3 Å². The summed E-state index contributed by atoms with van der Waals surface area (Å²) in [6.07, 6.45) is 2.47. The number of carboxylic acids is 1. The van der Waals surface area contributed by atoms with Gasteiger partial charge in [0.1, 0.15) is 5.69 Å². The van der Waals surface area contributed by atoms with E-state index < -0.39 is 5.97 Å². The smallest absolute Gasteiger partial charge is 0.335 e. The van der Waals surface area contributed by atoms with Crippen LogP contribution in [0, 0.1) is 6.92 Å². The number of carbonyl (C=O) groups is 2. The second kappa shape index (κ2) is 9.76. The average Bonchev–Trinajstić information content (AvgIpc) is 3.50. The molecule has 1 amide bonds. The molecule has 2 heterocycles. The molecule has 2 aromatic carbocycles. The number of thiophene rings is 1. The molecule has 0 aliphatic carbocycles. The van der Waals surface area contributed by atoms with Crippen LogP contribution in [-0.2, 0) is 0 Å². The van der Waals surface area contributed by atoms with Crippen molar-refractivity contribution in [2.24, 2.45) is 5.73 Å². The van der Waals surface area contributed by atoms with Gasteiger partial charge in [-0.25, -0.2) is 9.48 Å². The van der Waals surface area contributed by atoms with Crippen molar-refractivity contribution in [3.8, 4) is 27.4 Å². The zero-order chi connectivity index (χ0) is 23.4. The number of hydrogen-bond acceptors (Lipinski definition) is 6. The number of aromatic nitrogens is 3. The van der Waals surface area contributed by atoms with Crippen LogP contribution in [0.3, 0.4) is 0 Å². The van der Waals surface area contributed by atoms with Crippen molar-refractivity contribution in [1.82, 2.24) is 20.3 Å². The molecule has 0 aliphatic rings. The Hall–Kier alpha value is -3.82. The minimum atomic E-state index is -1.04. The minimum absolute atomic E-state index is 0.134. The first-order chi connectivity index (χ1) is 15.9. The third-order valence-corrected chi connectivity index (χ3v) is 6.18. The third-order valence-electron chi connectivity index (χ3n) is 5.05. The normalized spacial score (nSPS) is 10.8. The van der Waals surface area contributed by atoms with Gasteiger partial charge in [0, 0.05) is 17.0 Å². The lowest BCUT2D eigenvalue weighted by molar-refractivity contribution is 0.0696. The van der Waals surface area contributed by atoms with Gasteiger partial charge in [-0.15, -0.1) is 16.4 Å². The molecule has 2 aromatic heterocycles. The number of hydrogen-bond donors (Lipinski definition) is 3. The summed E-state index contributed by atoms with van der Waals surface area (Å²) in [6.45, 7) is 3.03. The monoisotopic (exact) mass is 461 g/mol. The molecule has 0 radical (unpaired) electrons. The van der Waals surface area contributed by atoms with E-state index in [9.17, 15) is 14.7 Å². The number of carbonyl (C=O) groups excluding carboxylic acids is 1. The summed E-state index contributed by atoms with van der Waals surface area (Å²) >= 11 is 1.30. The Morgan fingerprint density at radius 1 is 1.09 bits per heavy atom. The van der Waals surface area contributed by atoms with Crippen molar-refractivity contribution < 1.29 is 14.7 Å². The average molecular weight is 462 g/mol. The Balaban J connectivity index is 1.65. The number of benzene rings is 2. The summed E-state index contributed by atoms with van der Waals surface area (Å²) in [7, 11) is 0. The third kappa shape index (κ3) is 5.16. The van der Waals surface area contributed by atoms with Crippen molar-refractivity contribution in [1.29, 1.82) is 0 Å². The number of nitrogens with two attached hydrogens (primary N) is 1. The summed E-state index contributed by atoms with van der Waals surface area (Å²) in [6, 6.07) is 16.4. The number of carboxylic acid groups (broad SMARTS) is 1. The molecule has 0 atom stereocenters. The lowest BCUT2D eigenvalue weighted by atomic mass is 10.0. The van der Waals surface area contributed by atoms with Crippen LogP contribution in [0.15, 0.2) is 60.8 Å². The van der Waals surface area contributed by atoms with Gasteiger partial charge in [0.25, 0.3) is 5.91 Å². The van der Waals surface area contributed by atoms with Crippen LogP contribution < -0.4 is 11.1 Å². The summed E-state index contributed by atoms with van der Waals surface area (Å²) in [5.74, 6) is -1.21. The molecule has 8 nitrogen and oxygen atoms in total. The number of aromatic carboxylic acids is 1. The molecule has 4 N–H and O–H groups in total. The van der Waals surface area contributed by atoms with Gasteiger partial charge in [-0.1, -0.05) is 22.9 Å². The maximum Gasteiger partial charge on any atom is 0.335 e. The van der Waals surface area contributed by atoms with Gasteiger partial charge in [-0.3, -0.25) is 4.79 Å². The van der Waals surface area contributed by atoms with E-state index in [0.717, 1.165) is 16.1 Å². The number of aryl methyl sites for hydroxylation is 1. The van der Waals surface area contributed by atoms with E-state index in [1.165, 1.54) is 11.3 Å². The van der Waals surface area contributed by atoms with Crippen molar-refractivity contribution >= 4 is 23.2 Å². The molecule has 0 saturated heterocycles. The molecular formula is C24H23N5O3S. The Morgan fingerprint density at radius 2 is 1.85 bits per heavy atom. The molecule has 0 spiro atoms. The topological polar surface area (TPSA) is 123 Å². The maximum absolute atomic E-state index is 12.3. The first-order valence-corrected chi connectivity index (χ1v) is 11.2. The number of rotatable bonds is 8. The predicted molar refractivity (Wildman–Crippen MR) is 128 cm³/mol. The molecule has 4 aromatic rings. The predicted octanol–water partition coefficient (Wildman–Crippen LogP) is 3.75. The largest absolute Gasteiger partial charge is 0.478 e. The lowest BCUT2D eigenvalue weighted by Crippen LogP contribution is -2.25. The second-order valence-electron chi connectivity index (χ2n) is 7.55. The molecule has 168 valence electrons. The number of nitrogens with zero attached hydrogens (tertiary/aromatic N) is 3. The van der Waals surface area contributed by atoms with E-state index in [2.05, 4.69) is 15.6 Å². The van der Waals surface area contributed by atoms with Crippen molar-refractivity contribution in [2.75, 3.05) is 13.1 Å². The standard InChI is InChI=1S/C24H23N5O3S/c1-15-3-5-19(6-4-15)29-14-20(27-28-29)16-11-17(13-18(12-16)24(31)32)21-7-8-22(33-21)23(30)26-10-2-9-25/h3-8,11-14H,2,9-10,25H2,1H3,(H,26,30)(H,31,32). The van der Waals surface area contributed by atoms with Gasteiger partial charge in [0.2, 0.25) is 0 Å². The Kier molecular flexibility index (Phi) is 6.62. The van der Waals surface area contributed by atoms with E-state index in [1.807, 2.05) is 43.3 Å². The summed E-state index contributed by atoms with van der Waals surface area (Å²) in [4.78, 5) is 25.4. The molecule has 0 aliphatic heterocycles. The first-order valence-electron chi connectivity index (χ1n) is 10.4. The van der Waals surface area contributed by atoms with Crippen LogP contribution in [0.1, 0.15) is 32.0 Å². The lowest BCUT2D eigenvalue weighted by Gasteiger charge is -2.05. The highest BCUT2D eigenvalue weighted by atomic mass is 32.1. The fourth-order valence-corrected chi connectivity index (χ4v) is 4.18. The van der Waals surface area contributed by atoms with E-state index in [4.69, 9.17) is 5.73 Å². The molecule has 0 fully saturated rings. The highest BCUT2D eigenvalue weighted by Crippen LogP contribution is 2.32. The number of nitrogens with one attached hydrogen (secondary N) is 1. The molecule has 0 unspecified atom stereocenters. The summed E-state index contributed by atoms with van der Waals surface area (Å²) in [5, 5.41) is 20.9. The van der Waals surface area contributed by atoms with Gasteiger partial charge in [-0.05, 0) is 67.9 Å². The quantitative estimate of drug-likeness (QED) is 0.344. The van der Waals surface area contributed by atoms with Crippen LogP contribution in [-0.4, -0.2) is 45.1 Å². The maximum atomic E-state index is 12.3. The van der Waals surface area contributed by atoms with Crippen LogP contribution in [0.2, 0.25) is 0 Å². The minimum Gasteiger partial charge on any atom is -0.478 e. The van der Waals surface area contributed by atoms with Gasteiger partial charge < -0.3 is 16.2 Å². The van der Waals surface area contributed by atoms with E-state index >= 15 is 0 Å². The highest BCUT2D eigenvalue weighted by molar-refractivity contribution is 7.17. The molecule has 33 heavy (non-hydrogen) atoms. The van der Waals surface area contributed by atoms with E-state index in [0.29, 0.717) is 41.2 Å². The van der Waals surface area contributed by atoms with Crippen molar-refractivity contribution in [3.05, 3.63) is 76.8 Å². The molecule has 9 heteroatoms. The fraction of sp³-hybridized carbons (Fsp3) is 0.167. The Labute approximate surface area is 194 Å². The van der Waals surface area contributed by atoms with Crippen LogP contribution in [0.5, 0.6) is 0 Å². The zero-order valence-corrected chi connectivity index (χ0v) is 18.8. The fourth-order valence-electron chi connectivity index (χ4n) is 3.27. The molecule has 4 rings (SSSR count). The van der Waals surface area contributed by atoms with Gasteiger partial charge >= 0.3 is 5.97 Å². The molecular weight excluding hydrogens is 438 g/mol. The zero-order valence-electron chi connectivity index (χ0n) is 18.0. The van der Waals surface area contributed by atoms with Gasteiger partial charge in [0.15, 0.2) is 0 Å². The Bertz CT molecular complexity index is 1290. The van der Waals surface area contributed by atoms with Gasteiger partial charge in [-0.2, -0.15) is 0 Å². The summed E-state index contributed by atoms with van der Waals surface area (Å²) in [5.41, 5.74) is 9.48. The van der Waals surface area contributed by atoms with Crippen LogP contribution in [0.25, 0.3) is 27.4 Å². The second-order valence-corrected chi connectivity index (χ2v) is 8.63. The van der Waals surface area contributed by atoms with E-state index in [-0.39, 0.29) is 11.5 Å². The van der Waals surface area contributed by atoms with E-state index in [1.54, 1.807) is 29.1 Å². The highest BCUT2D eigenvalue weighted by Gasteiger charge is 2.15. The molecule has 0 bridgehead atoms. The van der Waals surface area contributed by atoms with Crippen molar-refractivity contribution in [3.63, 3.8) is 0 Å². The Morgan fingerprint density at radius 3 is 2.58 bits per heavy atom. The van der Waals surface area contributed by atoms with Crippen LogP contribution >= 0.6 is 11.3 Å². The first kappa shape index (κ1) is 22.4. The van der Waals surface area contributed by atoms with Crippen molar-refractivity contribution in [2.45, 2.75) is 13.3 Å². The molecule has 0 saturated carbocycles. The summed E-state index contributed by atoms with van der Waals surface area (Å²) < 4.78 is 1.65. The van der Waals surface area contributed by atoms with Crippen LogP contribution in [0.4, 0.5) is 0 Å². The SMILES string of the molecule is Cc1ccc(-n2cc(-c3cc(C(=O)O)cc(-c4ccc(C(=O)NCCCN)s4)c3)nn2)cc1.